The molecule has 12 heteroatoms. The molecule has 0 spiro atoms. The van der Waals surface area contributed by atoms with Gasteiger partial charge in [-0.25, -0.2) is 17.8 Å². The molecule has 2 aromatic carbocycles. The molecule has 0 bridgehead atoms. The lowest BCUT2D eigenvalue weighted by atomic mass is 9.81. The van der Waals surface area contributed by atoms with Gasteiger partial charge >= 0.3 is 6.18 Å². The van der Waals surface area contributed by atoms with Gasteiger partial charge in [0.25, 0.3) is 10.0 Å². The van der Waals surface area contributed by atoms with Gasteiger partial charge in [-0.05, 0) is 54.3 Å². The highest BCUT2D eigenvalue weighted by atomic mass is 32.2. The molecule has 1 aliphatic rings. The minimum Gasteiger partial charge on any atom is -0.492 e. The van der Waals surface area contributed by atoms with Gasteiger partial charge in [0.1, 0.15) is 11.6 Å². The maximum atomic E-state index is 13.8. The second kappa shape index (κ2) is 9.96. The van der Waals surface area contributed by atoms with Crippen LogP contribution in [-0.4, -0.2) is 26.1 Å². The third-order valence-electron chi connectivity index (χ3n) is 5.61. The molecule has 0 aliphatic heterocycles. The zero-order valence-corrected chi connectivity index (χ0v) is 19.8. The molecule has 2 atom stereocenters. The second-order valence-corrected chi connectivity index (χ2v) is 10.4. The van der Waals surface area contributed by atoms with E-state index >= 15 is 0 Å². The molecule has 1 aromatic heterocycles. The number of rotatable bonds is 7. The predicted octanol–water partition coefficient (Wildman–Crippen LogP) is 5.30. The largest absolute Gasteiger partial charge is 0.492 e. The van der Waals surface area contributed by atoms with Crippen LogP contribution in [0.1, 0.15) is 24.0 Å². The number of nitrogens with one attached hydrogen (secondary N) is 1. The van der Waals surface area contributed by atoms with Crippen LogP contribution in [0.3, 0.4) is 0 Å². The van der Waals surface area contributed by atoms with Crippen LogP contribution in [0.5, 0.6) is 5.75 Å². The maximum Gasteiger partial charge on any atom is 0.420 e. The Kier molecular flexibility index (Phi) is 7.15. The first-order chi connectivity index (χ1) is 16.5. The summed E-state index contributed by atoms with van der Waals surface area (Å²) in [6.07, 6.45) is -1.65. The number of hydrogen-bond acceptors (Lipinski definition) is 6. The van der Waals surface area contributed by atoms with Crippen molar-refractivity contribution in [2.75, 3.05) is 11.3 Å². The molecule has 186 valence electrons. The molecule has 0 amide bonds. The monoisotopic (exact) mass is 527 g/mol. The number of ether oxygens (including phenoxy) is 1. The van der Waals surface area contributed by atoms with Crippen molar-refractivity contribution in [3.8, 4) is 5.75 Å². The number of thiazole rings is 1. The smallest absolute Gasteiger partial charge is 0.420 e. The molecular weight excluding hydrogens is 506 g/mol. The molecule has 1 aliphatic carbocycles. The van der Waals surface area contributed by atoms with Crippen LogP contribution in [0.4, 0.5) is 23.4 Å². The lowest BCUT2D eigenvalue weighted by molar-refractivity contribution is -0.139. The summed E-state index contributed by atoms with van der Waals surface area (Å²) in [7, 11) is -4.30. The van der Waals surface area contributed by atoms with Crippen molar-refractivity contribution in [3.05, 3.63) is 76.4 Å². The van der Waals surface area contributed by atoms with Gasteiger partial charge in [-0.15, -0.1) is 11.3 Å². The summed E-state index contributed by atoms with van der Waals surface area (Å²) in [5.41, 5.74) is 7.90. The number of allylic oxidation sites excluding steroid dienone is 1. The lowest BCUT2D eigenvalue weighted by Crippen LogP contribution is -2.37. The number of alkyl halides is 3. The molecule has 0 saturated heterocycles. The van der Waals surface area contributed by atoms with Gasteiger partial charge in [-0.1, -0.05) is 18.2 Å². The van der Waals surface area contributed by atoms with E-state index in [9.17, 15) is 26.0 Å². The van der Waals surface area contributed by atoms with Gasteiger partial charge < -0.3 is 10.5 Å². The van der Waals surface area contributed by atoms with Gasteiger partial charge in [0.15, 0.2) is 5.82 Å². The number of aromatic nitrogens is 1. The Morgan fingerprint density at radius 3 is 2.57 bits per heavy atom. The zero-order valence-electron chi connectivity index (χ0n) is 18.1. The van der Waals surface area contributed by atoms with E-state index in [0.717, 1.165) is 29.0 Å². The molecule has 6 nitrogen and oxygen atoms in total. The van der Waals surface area contributed by atoms with E-state index in [4.69, 9.17) is 10.5 Å². The highest BCUT2D eigenvalue weighted by Crippen LogP contribution is 2.39. The normalized spacial score (nSPS) is 18.7. The molecular formula is C23H21F4N3O3S2. The number of sulfonamides is 1. The minimum atomic E-state index is -4.87. The van der Waals surface area contributed by atoms with Gasteiger partial charge in [0.05, 0.1) is 22.6 Å². The van der Waals surface area contributed by atoms with Crippen LogP contribution in [-0.2, 0) is 16.2 Å². The van der Waals surface area contributed by atoms with Gasteiger partial charge in [0, 0.05) is 17.3 Å². The van der Waals surface area contributed by atoms with Crippen molar-refractivity contribution in [1.29, 1.82) is 0 Å². The van der Waals surface area contributed by atoms with E-state index in [1.165, 1.54) is 23.0 Å². The fraction of sp³-hybridized carbons (Fsp3) is 0.261. The van der Waals surface area contributed by atoms with Gasteiger partial charge in [-0.3, -0.25) is 4.72 Å². The number of halogens is 4. The standard InChI is InChI=1S/C23H21F4N3O3S2/c24-15-6-4-14(5-7-15)17-2-1-3-20(28)18(17)11-33-21-9-8-16(10-19(21)23(25,26)27)35(31,32)30-22-12-34-13-29-22/h2,4-10,12-13,18,20,30H,1,3,11,28H2/t18?,20-/m1/s1. The van der Waals surface area contributed by atoms with Crippen molar-refractivity contribution >= 4 is 32.8 Å². The Morgan fingerprint density at radius 2 is 1.91 bits per heavy atom. The number of benzene rings is 2. The van der Waals surface area contributed by atoms with Crippen LogP contribution in [0.15, 0.2) is 64.3 Å². The third-order valence-corrected chi connectivity index (χ3v) is 7.55. The molecule has 0 saturated carbocycles. The molecule has 0 radical (unpaired) electrons. The Labute approximate surface area is 203 Å². The van der Waals surface area contributed by atoms with E-state index in [1.807, 2.05) is 6.08 Å². The Bertz CT molecular complexity index is 1310. The first-order valence-corrected chi connectivity index (χ1v) is 12.9. The van der Waals surface area contributed by atoms with E-state index in [0.29, 0.717) is 24.5 Å². The van der Waals surface area contributed by atoms with Crippen molar-refractivity contribution < 1.29 is 30.7 Å². The SMILES string of the molecule is N[C@@H]1CCC=C(c2ccc(F)cc2)C1COc1ccc(S(=O)(=O)Nc2cscn2)cc1C(F)(F)F. The molecule has 0 fully saturated rings. The van der Waals surface area contributed by atoms with E-state index in [-0.39, 0.29) is 18.5 Å². The Hall–Kier alpha value is -2.96. The number of hydrogen-bond donors (Lipinski definition) is 2. The number of nitrogens with zero attached hydrogens (tertiary/aromatic N) is 1. The van der Waals surface area contributed by atoms with Crippen LogP contribution in [0.2, 0.25) is 0 Å². The molecule has 4 rings (SSSR count). The summed E-state index contributed by atoms with van der Waals surface area (Å²) in [4.78, 5) is 3.21. The summed E-state index contributed by atoms with van der Waals surface area (Å²) < 4.78 is 87.7. The van der Waals surface area contributed by atoms with Crippen LogP contribution in [0.25, 0.3) is 5.57 Å². The van der Waals surface area contributed by atoms with Crippen LogP contribution in [0, 0.1) is 11.7 Å². The second-order valence-electron chi connectivity index (χ2n) is 7.96. The lowest BCUT2D eigenvalue weighted by Gasteiger charge is -2.31. The highest BCUT2D eigenvalue weighted by Gasteiger charge is 2.37. The average Bonchev–Trinajstić information content (AvgIpc) is 3.30. The third kappa shape index (κ3) is 5.82. The highest BCUT2D eigenvalue weighted by molar-refractivity contribution is 7.92. The summed E-state index contributed by atoms with van der Waals surface area (Å²) in [5, 5.41) is 1.42. The Morgan fingerprint density at radius 1 is 1.17 bits per heavy atom. The predicted molar refractivity (Wildman–Crippen MR) is 125 cm³/mol. The van der Waals surface area contributed by atoms with Crippen LogP contribution >= 0.6 is 11.3 Å². The summed E-state index contributed by atoms with van der Waals surface area (Å²) >= 11 is 1.13. The molecule has 1 heterocycles. The zero-order chi connectivity index (χ0) is 25.2. The van der Waals surface area contributed by atoms with Crippen molar-refractivity contribution in [2.24, 2.45) is 11.7 Å². The van der Waals surface area contributed by atoms with Crippen LogP contribution < -0.4 is 15.2 Å². The fourth-order valence-corrected chi connectivity index (χ4v) is 5.45. The van der Waals surface area contributed by atoms with Crippen molar-refractivity contribution in [2.45, 2.75) is 30.0 Å². The molecule has 3 N–H and O–H groups in total. The summed E-state index contributed by atoms with van der Waals surface area (Å²) in [6.45, 7) is -0.170. The van der Waals surface area contributed by atoms with Gasteiger partial charge in [0.2, 0.25) is 0 Å². The van der Waals surface area contributed by atoms with E-state index in [1.54, 1.807) is 12.1 Å². The number of nitrogens with two attached hydrogens (primary N) is 1. The van der Waals surface area contributed by atoms with Gasteiger partial charge in [-0.2, -0.15) is 13.2 Å². The fourth-order valence-electron chi connectivity index (χ4n) is 3.86. The molecule has 3 aromatic rings. The summed E-state index contributed by atoms with van der Waals surface area (Å²) in [6, 6.07) is 7.94. The summed E-state index contributed by atoms with van der Waals surface area (Å²) in [5.74, 6) is -1.35. The minimum absolute atomic E-state index is 0.00952. The topological polar surface area (TPSA) is 94.3 Å². The average molecular weight is 528 g/mol. The first-order valence-electron chi connectivity index (χ1n) is 10.5. The maximum absolute atomic E-state index is 13.8. The quantitative estimate of drug-likeness (QED) is 0.407. The van der Waals surface area contributed by atoms with E-state index < -0.39 is 44.1 Å². The van der Waals surface area contributed by atoms with Crippen molar-refractivity contribution in [3.63, 3.8) is 0 Å². The number of anilines is 1. The first kappa shape index (κ1) is 25.1. The Balaban J connectivity index is 1.60. The molecule has 35 heavy (non-hydrogen) atoms. The van der Waals surface area contributed by atoms with E-state index in [2.05, 4.69) is 9.71 Å². The van der Waals surface area contributed by atoms with Crippen molar-refractivity contribution in [1.82, 2.24) is 4.98 Å². The molecule has 1 unspecified atom stereocenters.